The average molecular weight is 473 g/mol. The van der Waals surface area contributed by atoms with Crippen molar-refractivity contribution in [2.45, 2.75) is 44.1 Å². The maximum absolute atomic E-state index is 13.4. The summed E-state index contributed by atoms with van der Waals surface area (Å²) in [5, 5.41) is 5.56. The number of benzene rings is 3. The molecule has 1 fully saturated rings. The number of H-pyrrole nitrogens is 1. The highest BCUT2D eigenvalue weighted by molar-refractivity contribution is 5.86. The van der Waals surface area contributed by atoms with E-state index < -0.39 is 5.54 Å². The highest BCUT2D eigenvalue weighted by atomic mass is 19.1. The van der Waals surface area contributed by atoms with Crippen LogP contribution in [0, 0.1) is 5.82 Å². The number of aromatic amines is 1. The Bertz CT molecular complexity index is 1390. The summed E-state index contributed by atoms with van der Waals surface area (Å²) in [6.07, 6.45) is 3.41. The van der Waals surface area contributed by atoms with E-state index in [1.54, 1.807) is 18.0 Å². The normalized spacial score (nSPS) is 17.7. The van der Waals surface area contributed by atoms with Gasteiger partial charge in [-0.1, -0.05) is 42.5 Å². The highest BCUT2D eigenvalue weighted by Crippen LogP contribution is 2.32. The zero-order valence-corrected chi connectivity index (χ0v) is 19.8. The first-order chi connectivity index (χ1) is 16.9. The number of amides is 2. The molecule has 0 aliphatic carbocycles. The summed E-state index contributed by atoms with van der Waals surface area (Å²) in [7, 11) is 1.79. The second-order valence-electron chi connectivity index (χ2n) is 9.55. The van der Waals surface area contributed by atoms with Gasteiger partial charge in [0.1, 0.15) is 11.6 Å². The average Bonchev–Trinajstić information content (AvgIpc) is 3.43. The molecule has 2 heterocycles. The molecular formula is C28H29FN4O2. The predicted octanol–water partition coefficient (Wildman–Crippen LogP) is 4.53. The van der Waals surface area contributed by atoms with Crippen LogP contribution in [0.2, 0.25) is 0 Å². The molecule has 1 aliphatic heterocycles. The van der Waals surface area contributed by atoms with Gasteiger partial charge in [0.25, 0.3) is 0 Å². The Morgan fingerprint density at radius 1 is 1.14 bits per heavy atom. The summed E-state index contributed by atoms with van der Waals surface area (Å²) in [5.41, 5.74) is 2.14. The van der Waals surface area contributed by atoms with Gasteiger partial charge in [0, 0.05) is 38.4 Å². The largest absolute Gasteiger partial charge is 0.350 e. The van der Waals surface area contributed by atoms with Gasteiger partial charge in [-0.25, -0.2) is 9.37 Å². The Balaban J connectivity index is 1.23. The second kappa shape index (κ2) is 9.49. The van der Waals surface area contributed by atoms with Gasteiger partial charge >= 0.3 is 0 Å². The van der Waals surface area contributed by atoms with E-state index in [0.717, 1.165) is 12.2 Å². The number of hydrogen-bond donors (Lipinski definition) is 2. The Morgan fingerprint density at radius 3 is 2.80 bits per heavy atom. The van der Waals surface area contributed by atoms with Gasteiger partial charge in [-0.05, 0) is 53.8 Å². The number of hydrogen-bond acceptors (Lipinski definition) is 3. The maximum atomic E-state index is 13.4. The minimum Gasteiger partial charge on any atom is -0.350 e. The van der Waals surface area contributed by atoms with Crippen molar-refractivity contribution in [3.8, 4) is 0 Å². The van der Waals surface area contributed by atoms with Crippen molar-refractivity contribution in [2.24, 2.45) is 0 Å². The summed E-state index contributed by atoms with van der Waals surface area (Å²) in [5.74, 6) is 0.495. The standard InChI is InChI=1S/C28H29FN4O2/c1-33(16-13-25-30-23-10-9-21(29)17-24(23)31-25)27(35)12-15-28(14-11-26(34)32-28)18-20-7-4-6-19-5-2-3-8-22(19)20/h2-10,17H,11-16,18H2,1H3,(H,30,31)(H,32,34). The van der Waals surface area contributed by atoms with Crippen LogP contribution < -0.4 is 5.32 Å². The molecule has 0 spiro atoms. The number of rotatable bonds is 8. The number of fused-ring (bicyclic) bond motifs is 2. The number of imidazole rings is 1. The van der Waals surface area contributed by atoms with Crippen LogP contribution in [0.4, 0.5) is 4.39 Å². The fraction of sp³-hybridized carbons (Fsp3) is 0.321. The van der Waals surface area contributed by atoms with Gasteiger partial charge in [0.05, 0.1) is 11.0 Å². The van der Waals surface area contributed by atoms with Crippen LogP contribution in [-0.4, -0.2) is 45.8 Å². The molecule has 2 N–H and O–H groups in total. The first-order valence-electron chi connectivity index (χ1n) is 12.1. The molecule has 180 valence electrons. The molecule has 35 heavy (non-hydrogen) atoms. The molecule has 1 saturated heterocycles. The quantitative estimate of drug-likeness (QED) is 0.396. The number of halogens is 1. The number of nitrogens with zero attached hydrogens (tertiary/aromatic N) is 2. The smallest absolute Gasteiger partial charge is 0.222 e. The van der Waals surface area contributed by atoms with Crippen LogP contribution in [0.1, 0.15) is 37.1 Å². The van der Waals surface area contributed by atoms with Crippen molar-refractivity contribution in [3.63, 3.8) is 0 Å². The van der Waals surface area contributed by atoms with E-state index in [9.17, 15) is 14.0 Å². The van der Waals surface area contributed by atoms with Gasteiger partial charge in [0.15, 0.2) is 0 Å². The predicted molar refractivity (Wildman–Crippen MR) is 134 cm³/mol. The van der Waals surface area contributed by atoms with Crippen LogP contribution in [0.5, 0.6) is 0 Å². The van der Waals surface area contributed by atoms with E-state index in [0.29, 0.717) is 49.7 Å². The molecule has 6 nitrogen and oxygen atoms in total. The molecule has 1 unspecified atom stereocenters. The van der Waals surface area contributed by atoms with E-state index in [-0.39, 0.29) is 17.6 Å². The van der Waals surface area contributed by atoms with Gasteiger partial charge < -0.3 is 15.2 Å². The Kier molecular flexibility index (Phi) is 6.24. The molecule has 0 radical (unpaired) electrons. The Hall–Kier alpha value is -3.74. The fourth-order valence-electron chi connectivity index (χ4n) is 5.08. The van der Waals surface area contributed by atoms with Crippen LogP contribution in [-0.2, 0) is 22.4 Å². The summed E-state index contributed by atoms with van der Waals surface area (Å²) in [4.78, 5) is 34.5. The van der Waals surface area contributed by atoms with Gasteiger partial charge in [0.2, 0.25) is 11.8 Å². The van der Waals surface area contributed by atoms with Crippen molar-refractivity contribution < 1.29 is 14.0 Å². The molecule has 1 aliphatic rings. The fourth-order valence-corrected chi connectivity index (χ4v) is 5.08. The van der Waals surface area contributed by atoms with Crippen molar-refractivity contribution in [3.05, 3.63) is 77.9 Å². The van der Waals surface area contributed by atoms with E-state index in [1.807, 2.05) is 18.2 Å². The third kappa shape index (κ3) is 5.04. The van der Waals surface area contributed by atoms with Crippen LogP contribution in [0.3, 0.4) is 0 Å². The van der Waals surface area contributed by atoms with E-state index in [2.05, 4.69) is 39.6 Å². The second-order valence-corrected chi connectivity index (χ2v) is 9.55. The molecule has 5 rings (SSSR count). The third-order valence-electron chi connectivity index (χ3n) is 7.06. The topological polar surface area (TPSA) is 78.1 Å². The minimum atomic E-state index is -0.416. The molecule has 1 atom stereocenters. The molecule has 2 amide bonds. The molecule has 1 aromatic heterocycles. The van der Waals surface area contributed by atoms with Crippen molar-refractivity contribution in [2.75, 3.05) is 13.6 Å². The summed E-state index contributed by atoms with van der Waals surface area (Å²) < 4.78 is 13.4. The first-order valence-corrected chi connectivity index (χ1v) is 12.1. The van der Waals surface area contributed by atoms with Crippen molar-refractivity contribution in [1.82, 2.24) is 20.2 Å². The van der Waals surface area contributed by atoms with E-state index in [1.165, 1.54) is 28.5 Å². The van der Waals surface area contributed by atoms with E-state index >= 15 is 0 Å². The molecule has 3 aromatic carbocycles. The molecule has 0 bridgehead atoms. The number of aromatic nitrogens is 2. The number of carbonyl (C=O) groups excluding carboxylic acids is 2. The lowest BCUT2D eigenvalue weighted by Gasteiger charge is -2.30. The van der Waals surface area contributed by atoms with Gasteiger partial charge in [-0.2, -0.15) is 0 Å². The molecule has 0 saturated carbocycles. The Labute approximate surface area is 203 Å². The lowest BCUT2D eigenvalue weighted by molar-refractivity contribution is -0.130. The highest BCUT2D eigenvalue weighted by Gasteiger charge is 2.38. The van der Waals surface area contributed by atoms with Crippen LogP contribution in [0.25, 0.3) is 21.8 Å². The first kappa shape index (κ1) is 23.0. The minimum absolute atomic E-state index is 0.0330. The number of likely N-dealkylation sites (N-methyl/N-ethyl adjacent to an activating group) is 1. The summed E-state index contributed by atoms with van der Waals surface area (Å²) in [6, 6.07) is 19.0. The number of nitrogens with one attached hydrogen (secondary N) is 2. The Morgan fingerprint density at radius 2 is 1.97 bits per heavy atom. The lowest BCUT2D eigenvalue weighted by atomic mass is 9.83. The van der Waals surface area contributed by atoms with Crippen molar-refractivity contribution >= 4 is 33.6 Å². The zero-order valence-electron chi connectivity index (χ0n) is 19.8. The molecular weight excluding hydrogens is 443 g/mol. The number of carbonyl (C=O) groups is 2. The molecule has 7 heteroatoms. The van der Waals surface area contributed by atoms with Gasteiger partial charge in [-0.15, -0.1) is 0 Å². The summed E-state index contributed by atoms with van der Waals surface area (Å²) in [6.45, 7) is 0.504. The maximum Gasteiger partial charge on any atom is 0.222 e. The van der Waals surface area contributed by atoms with Crippen molar-refractivity contribution in [1.29, 1.82) is 0 Å². The SMILES string of the molecule is CN(CCc1nc2ccc(F)cc2[nH]1)C(=O)CCC1(Cc2cccc3ccccc23)CCC(=O)N1. The lowest BCUT2D eigenvalue weighted by Crippen LogP contribution is -2.44. The monoisotopic (exact) mass is 472 g/mol. The van der Waals surface area contributed by atoms with Gasteiger partial charge in [-0.3, -0.25) is 9.59 Å². The van der Waals surface area contributed by atoms with Crippen LogP contribution >= 0.6 is 0 Å². The van der Waals surface area contributed by atoms with E-state index in [4.69, 9.17) is 0 Å². The molecule has 4 aromatic rings. The van der Waals surface area contributed by atoms with Crippen LogP contribution in [0.15, 0.2) is 60.7 Å². The zero-order chi connectivity index (χ0) is 24.4. The summed E-state index contributed by atoms with van der Waals surface area (Å²) >= 11 is 0. The third-order valence-corrected chi connectivity index (χ3v) is 7.06.